The van der Waals surface area contributed by atoms with Gasteiger partial charge in [0.25, 0.3) is 0 Å². The average molecular weight is 215 g/mol. The fourth-order valence-electron chi connectivity index (χ4n) is 1.20. The summed E-state index contributed by atoms with van der Waals surface area (Å²) in [6.45, 7) is 2.06. The molecule has 80 valence electrons. The Balaban J connectivity index is 2.31. The quantitative estimate of drug-likeness (QED) is 0.517. The first-order valence-electron chi connectivity index (χ1n) is 4.78. The molecule has 2 heterocycles. The maximum atomic E-state index is 11.0. The number of carbonyl (C=O) groups excluding carboxylic acids is 1. The summed E-state index contributed by atoms with van der Waals surface area (Å²) in [5.74, 6) is 5.08. The summed E-state index contributed by atoms with van der Waals surface area (Å²) in [4.78, 5) is 19.1. The zero-order chi connectivity index (χ0) is 11.4. The summed E-state index contributed by atoms with van der Waals surface area (Å²) < 4.78 is 6.40. The number of imidazole rings is 1. The third-order valence-corrected chi connectivity index (χ3v) is 1.86. The van der Waals surface area contributed by atoms with Gasteiger partial charge < -0.3 is 4.74 Å². The molecule has 0 saturated heterocycles. The minimum absolute atomic E-state index is 0.322. The summed E-state index contributed by atoms with van der Waals surface area (Å²) in [7, 11) is 0. The van der Waals surface area contributed by atoms with Gasteiger partial charge in [-0.1, -0.05) is 0 Å². The lowest BCUT2D eigenvalue weighted by Crippen LogP contribution is -2.00. The van der Waals surface area contributed by atoms with Crippen LogP contribution in [-0.2, 0) is 9.53 Å². The third-order valence-electron chi connectivity index (χ3n) is 1.86. The second-order valence-corrected chi connectivity index (χ2v) is 2.90. The predicted molar refractivity (Wildman–Crippen MR) is 56.5 cm³/mol. The molecule has 0 saturated carbocycles. The third kappa shape index (κ3) is 2.01. The standard InChI is InChI=1S/C11H9N3O2/c1-2-16-10(15)5-4-9-8-13-11-12-6-3-7-14(9)11/h3,6-8H,2H2,1H3. The maximum Gasteiger partial charge on any atom is 0.384 e. The largest absolute Gasteiger partial charge is 0.456 e. The van der Waals surface area contributed by atoms with Crippen LogP contribution in [0.2, 0.25) is 0 Å². The molecule has 16 heavy (non-hydrogen) atoms. The van der Waals surface area contributed by atoms with Crippen LogP contribution in [0, 0.1) is 11.8 Å². The normalized spacial score (nSPS) is 9.56. The Hall–Kier alpha value is -2.35. The molecule has 5 heteroatoms. The summed E-state index contributed by atoms with van der Waals surface area (Å²) in [5.41, 5.74) is 0.608. The number of ether oxygens (including phenoxy) is 1. The summed E-state index contributed by atoms with van der Waals surface area (Å²) in [6.07, 6.45) is 4.99. The van der Waals surface area contributed by atoms with Crippen LogP contribution < -0.4 is 0 Å². The van der Waals surface area contributed by atoms with Gasteiger partial charge in [0.2, 0.25) is 5.78 Å². The number of carbonyl (C=O) groups is 1. The van der Waals surface area contributed by atoms with E-state index < -0.39 is 5.97 Å². The molecule has 2 aromatic heterocycles. The van der Waals surface area contributed by atoms with E-state index in [9.17, 15) is 4.79 Å². The van der Waals surface area contributed by atoms with Crippen LogP contribution in [0.25, 0.3) is 5.78 Å². The predicted octanol–water partition coefficient (Wildman–Crippen LogP) is 0.644. The van der Waals surface area contributed by atoms with Crippen molar-refractivity contribution in [3.63, 3.8) is 0 Å². The number of fused-ring (bicyclic) bond motifs is 1. The molecule has 0 amide bonds. The van der Waals surface area contributed by atoms with Crippen LogP contribution >= 0.6 is 0 Å². The van der Waals surface area contributed by atoms with E-state index in [0.717, 1.165) is 0 Å². The monoisotopic (exact) mass is 215 g/mol. The first-order valence-corrected chi connectivity index (χ1v) is 4.78. The summed E-state index contributed by atoms with van der Waals surface area (Å²) in [5, 5.41) is 0. The van der Waals surface area contributed by atoms with Crippen molar-refractivity contribution in [2.45, 2.75) is 6.92 Å². The Morgan fingerprint density at radius 2 is 2.44 bits per heavy atom. The summed E-state index contributed by atoms with van der Waals surface area (Å²) >= 11 is 0. The second-order valence-electron chi connectivity index (χ2n) is 2.90. The van der Waals surface area contributed by atoms with Crippen LogP contribution in [-0.4, -0.2) is 26.9 Å². The minimum atomic E-state index is -0.540. The smallest absolute Gasteiger partial charge is 0.384 e. The lowest BCUT2D eigenvalue weighted by Gasteiger charge is -1.92. The molecule has 0 bridgehead atoms. The molecular weight excluding hydrogens is 206 g/mol. The van der Waals surface area contributed by atoms with Crippen molar-refractivity contribution in [1.82, 2.24) is 14.4 Å². The molecule has 0 fully saturated rings. The Morgan fingerprint density at radius 1 is 1.56 bits per heavy atom. The van der Waals surface area contributed by atoms with E-state index in [1.807, 2.05) is 0 Å². The van der Waals surface area contributed by atoms with E-state index in [1.54, 1.807) is 36.0 Å². The van der Waals surface area contributed by atoms with Crippen molar-refractivity contribution in [2.24, 2.45) is 0 Å². The molecule has 5 nitrogen and oxygen atoms in total. The van der Waals surface area contributed by atoms with E-state index in [-0.39, 0.29) is 0 Å². The van der Waals surface area contributed by atoms with Crippen molar-refractivity contribution in [2.75, 3.05) is 6.61 Å². The number of esters is 1. The lowest BCUT2D eigenvalue weighted by molar-refractivity contribution is -0.136. The van der Waals surface area contributed by atoms with Crippen LogP contribution in [0.1, 0.15) is 12.6 Å². The van der Waals surface area contributed by atoms with E-state index in [0.29, 0.717) is 18.1 Å². The highest BCUT2D eigenvalue weighted by Crippen LogP contribution is 2.01. The summed E-state index contributed by atoms with van der Waals surface area (Å²) in [6, 6.07) is 1.77. The van der Waals surface area contributed by atoms with E-state index >= 15 is 0 Å². The van der Waals surface area contributed by atoms with Crippen LogP contribution in [0.15, 0.2) is 24.7 Å². The van der Waals surface area contributed by atoms with Gasteiger partial charge in [-0.2, -0.15) is 0 Å². The number of hydrogen-bond donors (Lipinski definition) is 0. The number of nitrogens with zero attached hydrogens (tertiary/aromatic N) is 3. The topological polar surface area (TPSA) is 56.5 Å². The Bertz CT molecular complexity index is 577. The van der Waals surface area contributed by atoms with Crippen LogP contribution in [0.3, 0.4) is 0 Å². The Morgan fingerprint density at radius 3 is 3.25 bits per heavy atom. The van der Waals surface area contributed by atoms with Gasteiger partial charge in [-0.05, 0) is 18.9 Å². The van der Waals surface area contributed by atoms with Gasteiger partial charge in [-0.25, -0.2) is 14.8 Å². The molecule has 0 N–H and O–H groups in total. The molecule has 0 unspecified atom stereocenters. The zero-order valence-corrected chi connectivity index (χ0v) is 8.67. The highest BCUT2D eigenvalue weighted by atomic mass is 16.5. The van der Waals surface area contributed by atoms with Crippen molar-refractivity contribution >= 4 is 11.7 Å². The van der Waals surface area contributed by atoms with Crippen molar-refractivity contribution < 1.29 is 9.53 Å². The molecular formula is C11H9N3O2. The molecule has 0 aromatic carbocycles. The molecule has 0 aliphatic rings. The van der Waals surface area contributed by atoms with E-state index in [4.69, 9.17) is 4.74 Å². The van der Waals surface area contributed by atoms with Gasteiger partial charge in [0.05, 0.1) is 12.8 Å². The fraction of sp³-hybridized carbons (Fsp3) is 0.182. The van der Waals surface area contributed by atoms with Crippen LogP contribution in [0.5, 0.6) is 0 Å². The van der Waals surface area contributed by atoms with Gasteiger partial charge in [0.1, 0.15) is 5.69 Å². The van der Waals surface area contributed by atoms with Crippen LogP contribution in [0.4, 0.5) is 0 Å². The number of hydrogen-bond acceptors (Lipinski definition) is 4. The molecule has 2 aromatic rings. The zero-order valence-electron chi connectivity index (χ0n) is 8.67. The van der Waals surface area contributed by atoms with Crippen molar-refractivity contribution in [3.8, 4) is 11.8 Å². The van der Waals surface area contributed by atoms with Crippen molar-refractivity contribution in [1.29, 1.82) is 0 Å². The number of rotatable bonds is 1. The highest BCUT2D eigenvalue weighted by molar-refractivity contribution is 5.89. The van der Waals surface area contributed by atoms with Gasteiger partial charge in [-0.15, -0.1) is 0 Å². The molecule has 0 aliphatic carbocycles. The molecule has 2 rings (SSSR count). The second kappa shape index (κ2) is 4.45. The molecule has 0 atom stereocenters. The van der Waals surface area contributed by atoms with E-state index in [2.05, 4.69) is 21.8 Å². The van der Waals surface area contributed by atoms with Gasteiger partial charge in [-0.3, -0.25) is 4.40 Å². The molecule has 0 spiro atoms. The molecule has 0 radical (unpaired) electrons. The number of aromatic nitrogens is 3. The van der Waals surface area contributed by atoms with Gasteiger partial charge >= 0.3 is 5.97 Å². The lowest BCUT2D eigenvalue weighted by atomic mass is 10.4. The fourth-order valence-corrected chi connectivity index (χ4v) is 1.20. The van der Waals surface area contributed by atoms with E-state index in [1.165, 1.54) is 0 Å². The molecule has 0 aliphatic heterocycles. The minimum Gasteiger partial charge on any atom is -0.456 e. The SMILES string of the molecule is CCOC(=O)C#Cc1cnc2ncccn12. The van der Waals surface area contributed by atoms with Gasteiger partial charge in [0.15, 0.2) is 0 Å². The highest BCUT2D eigenvalue weighted by Gasteiger charge is 2.00. The average Bonchev–Trinajstić information content (AvgIpc) is 2.70. The van der Waals surface area contributed by atoms with Crippen molar-refractivity contribution in [3.05, 3.63) is 30.4 Å². The maximum absolute atomic E-state index is 11.0. The Labute approximate surface area is 92.1 Å². The Kier molecular flexibility index (Phi) is 2.83. The van der Waals surface area contributed by atoms with Gasteiger partial charge in [0, 0.05) is 18.3 Å². The first-order chi connectivity index (χ1) is 7.81. The first kappa shape index (κ1) is 10.2.